The summed E-state index contributed by atoms with van der Waals surface area (Å²) in [5.41, 5.74) is 8.72. The van der Waals surface area contributed by atoms with E-state index in [2.05, 4.69) is 4.98 Å². The van der Waals surface area contributed by atoms with Gasteiger partial charge >= 0.3 is 0 Å². The molecule has 0 aliphatic carbocycles. The number of nitrogens with zero attached hydrogens (tertiary/aromatic N) is 1. The van der Waals surface area contributed by atoms with Crippen LogP contribution >= 0.6 is 0 Å². The summed E-state index contributed by atoms with van der Waals surface area (Å²) in [5.74, 6) is -0.421. The van der Waals surface area contributed by atoms with Gasteiger partial charge in [-0.25, -0.2) is 4.39 Å². The second-order valence-corrected chi connectivity index (χ2v) is 8.31. The first-order valence-electron chi connectivity index (χ1n) is 11.0. The predicted molar refractivity (Wildman–Crippen MR) is 127 cm³/mol. The molecule has 1 aliphatic rings. The molecule has 0 radical (unpaired) electrons. The Labute approximate surface area is 195 Å². The number of carbonyl (C=O) groups is 2. The number of aromatic amines is 1. The second-order valence-electron chi connectivity index (χ2n) is 8.31. The van der Waals surface area contributed by atoms with Crippen molar-refractivity contribution in [3.8, 4) is 16.9 Å². The van der Waals surface area contributed by atoms with Gasteiger partial charge in [-0.2, -0.15) is 0 Å². The Kier molecular flexibility index (Phi) is 5.67. The summed E-state index contributed by atoms with van der Waals surface area (Å²) in [4.78, 5) is 29.8. The van der Waals surface area contributed by atoms with Gasteiger partial charge in [-0.05, 0) is 47.5 Å². The fraction of sp³-hybridized carbons (Fsp3) is 0.231. The Hall–Kier alpha value is -3.91. The first kappa shape index (κ1) is 21.9. The van der Waals surface area contributed by atoms with Gasteiger partial charge in [0.1, 0.15) is 11.6 Å². The van der Waals surface area contributed by atoms with Crippen molar-refractivity contribution < 1.29 is 23.5 Å². The third-order valence-corrected chi connectivity index (χ3v) is 6.21. The van der Waals surface area contributed by atoms with E-state index in [0.29, 0.717) is 76.1 Å². The zero-order valence-electron chi connectivity index (χ0n) is 18.7. The fourth-order valence-electron chi connectivity index (χ4n) is 4.49. The van der Waals surface area contributed by atoms with E-state index in [1.165, 1.54) is 0 Å². The Balaban J connectivity index is 1.70. The number of rotatable bonds is 5. The number of hydrogen-bond donors (Lipinski definition) is 2. The fourth-order valence-corrected chi connectivity index (χ4v) is 4.49. The zero-order valence-corrected chi connectivity index (χ0v) is 18.7. The van der Waals surface area contributed by atoms with Gasteiger partial charge in [0.25, 0.3) is 5.91 Å². The van der Waals surface area contributed by atoms with Gasteiger partial charge < -0.3 is 25.1 Å². The molecule has 1 saturated heterocycles. The summed E-state index contributed by atoms with van der Waals surface area (Å²) in [5, 5.41) is 0.906. The van der Waals surface area contributed by atoms with Crippen LogP contribution in [-0.2, 0) is 16.0 Å². The monoisotopic (exact) mass is 461 g/mol. The van der Waals surface area contributed by atoms with Crippen LogP contribution in [0.3, 0.4) is 0 Å². The van der Waals surface area contributed by atoms with Crippen LogP contribution in [0.4, 0.5) is 4.39 Å². The average Bonchev–Trinajstić information content (AvgIpc) is 3.25. The Morgan fingerprint density at radius 2 is 1.85 bits per heavy atom. The molecule has 3 aromatic carbocycles. The van der Waals surface area contributed by atoms with Crippen LogP contribution in [0, 0.1) is 5.82 Å². The zero-order chi connectivity index (χ0) is 23.8. The number of ether oxygens (including phenoxy) is 2. The predicted octanol–water partition coefficient (Wildman–Crippen LogP) is 3.64. The van der Waals surface area contributed by atoms with Crippen LogP contribution in [0.5, 0.6) is 5.75 Å². The van der Waals surface area contributed by atoms with E-state index in [-0.39, 0.29) is 12.3 Å². The highest BCUT2D eigenvalue weighted by molar-refractivity contribution is 6.12. The van der Waals surface area contributed by atoms with Crippen LogP contribution in [0.1, 0.15) is 15.9 Å². The number of halogens is 1. The Morgan fingerprint density at radius 1 is 1.12 bits per heavy atom. The van der Waals surface area contributed by atoms with Crippen molar-refractivity contribution in [3.05, 3.63) is 65.5 Å². The van der Waals surface area contributed by atoms with Gasteiger partial charge in [-0.1, -0.05) is 12.1 Å². The average molecular weight is 461 g/mol. The van der Waals surface area contributed by atoms with E-state index in [9.17, 15) is 9.59 Å². The number of nitrogens with two attached hydrogens (primary N) is 1. The first-order valence-corrected chi connectivity index (χ1v) is 11.0. The number of aromatic nitrogens is 1. The minimum Gasteiger partial charge on any atom is -0.497 e. The minimum atomic E-state index is -0.518. The van der Waals surface area contributed by atoms with Crippen molar-refractivity contribution in [3.63, 3.8) is 0 Å². The summed E-state index contributed by atoms with van der Waals surface area (Å²) in [6.45, 7) is 2.03. The van der Waals surface area contributed by atoms with Crippen LogP contribution in [-0.4, -0.2) is 55.1 Å². The van der Waals surface area contributed by atoms with Crippen LogP contribution in [0.25, 0.3) is 32.9 Å². The van der Waals surface area contributed by atoms with Gasteiger partial charge in [0.2, 0.25) is 5.91 Å². The number of primary amides is 1. The number of hydrogen-bond acceptors (Lipinski definition) is 4. The molecular formula is C26H24FN3O4. The molecule has 2 amide bonds. The van der Waals surface area contributed by atoms with Crippen LogP contribution in [0.15, 0.2) is 48.5 Å². The Bertz CT molecular complexity index is 1410. The molecule has 0 unspecified atom stereocenters. The van der Waals surface area contributed by atoms with Crippen molar-refractivity contribution in [1.29, 1.82) is 0 Å². The van der Waals surface area contributed by atoms with Gasteiger partial charge in [-0.15, -0.1) is 0 Å². The first-order chi connectivity index (χ1) is 16.5. The molecule has 34 heavy (non-hydrogen) atoms. The third kappa shape index (κ3) is 3.86. The molecule has 1 fully saturated rings. The molecule has 7 nitrogen and oxygen atoms in total. The molecular weight excluding hydrogens is 437 g/mol. The SMILES string of the molecule is COc1ccc(-c2cc(CC(N)=O)c3[nH]c4ccc(C(=O)N5CCOCC5)cc4c3c2F)cc1. The molecule has 0 spiro atoms. The molecule has 0 bridgehead atoms. The third-order valence-electron chi connectivity index (χ3n) is 6.21. The van der Waals surface area contributed by atoms with Crippen LogP contribution < -0.4 is 10.5 Å². The number of H-pyrrole nitrogens is 1. The molecule has 1 aromatic heterocycles. The Morgan fingerprint density at radius 3 is 2.53 bits per heavy atom. The number of benzene rings is 3. The molecule has 2 heterocycles. The molecule has 0 saturated carbocycles. The summed E-state index contributed by atoms with van der Waals surface area (Å²) in [7, 11) is 1.56. The lowest BCUT2D eigenvalue weighted by molar-refractivity contribution is -0.117. The highest BCUT2D eigenvalue weighted by Gasteiger charge is 2.22. The second kappa shape index (κ2) is 8.79. The standard InChI is InChI=1S/C26H24FN3O4/c1-33-18-5-2-15(3-6-18)19-13-17(14-22(28)31)25-23(24(19)27)20-12-16(4-7-21(20)29-25)26(32)30-8-10-34-11-9-30/h2-7,12-13,29H,8-11,14H2,1H3,(H2,28,31). The summed E-state index contributed by atoms with van der Waals surface area (Å²) in [6, 6.07) is 13.9. The topological polar surface area (TPSA) is 97.7 Å². The molecule has 3 N–H and O–H groups in total. The van der Waals surface area contributed by atoms with Gasteiger partial charge in [0, 0.05) is 40.5 Å². The summed E-state index contributed by atoms with van der Waals surface area (Å²) < 4.78 is 26.6. The van der Waals surface area contributed by atoms with Crippen molar-refractivity contribution in [2.45, 2.75) is 6.42 Å². The lowest BCUT2D eigenvalue weighted by Gasteiger charge is -2.26. The molecule has 5 rings (SSSR count). The van der Waals surface area contributed by atoms with Gasteiger partial charge in [0.05, 0.1) is 32.3 Å². The molecule has 4 aromatic rings. The van der Waals surface area contributed by atoms with Gasteiger partial charge in [0.15, 0.2) is 0 Å². The molecule has 1 aliphatic heterocycles. The number of methoxy groups -OCH3 is 1. The van der Waals surface area contributed by atoms with E-state index in [1.807, 2.05) is 0 Å². The van der Waals surface area contributed by atoms with E-state index < -0.39 is 11.7 Å². The highest BCUT2D eigenvalue weighted by atomic mass is 19.1. The van der Waals surface area contributed by atoms with E-state index >= 15 is 4.39 Å². The van der Waals surface area contributed by atoms with Crippen molar-refractivity contribution in [2.24, 2.45) is 5.73 Å². The maximum Gasteiger partial charge on any atom is 0.254 e. The maximum atomic E-state index is 16.0. The summed E-state index contributed by atoms with van der Waals surface area (Å²) >= 11 is 0. The van der Waals surface area contributed by atoms with E-state index in [1.54, 1.807) is 60.5 Å². The van der Waals surface area contributed by atoms with Crippen molar-refractivity contribution >= 4 is 33.6 Å². The number of carbonyl (C=O) groups excluding carboxylic acids is 2. The van der Waals surface area contributed by atoms with E-state index in [0.717, 1.165) is 0 Å². The number of nitrogens with one attached hydrogen (secondary N) is 1. The maximum absolute atomic E-state index is 16.0. The highest BCUT2D eigenvalue weighted by Crippen LogP contribution is 2.37. The lowest BCUT2D eigenvalue weighted by atomic mass is 9.96. The lowest BCUT2D eigenvalue weighted by Crippen LogP contribution is -2.40. The molecule has 8 heteroatoms. The summed E-state index contributed by atoms with van der Waals surface area (Å²) in [6.07, 6.45) is -0.0493. The molecule has 174 valence electrons. The smallest absolute Gasteiger partial charge is 0.254 e. The number of amides is 2. The van der Waals surface area contributed by atoms with Crippen LogP contribution in [0.2, 0.25) is 0 Å². The van der Waals surface area contributed by atoms with Gasteiger partial charge in [-0.3, -0.25) is 9.59 Å². The molecule has 0 atom stereocenters. The minimum absolute atomic E-state index is 0.0493. The number of fused-ring (bicyclic) bond motifs is 3. The quantitative estimate of drug-likeness (QED) is 0.474. The normalized spacial score (nSPS) is 14.0. The largest absolute Gasteiger partial charge is 0.497 e. The van der Waals surface area contributed by atoms with Crippen molar-refractivity contribution in [2.75, 3.05) is 33.4 Å². The number of morpholine rings is 1. The van der Waals surface area contributed by atoms with Crippen molar-refractivity contribution in [1.82, 2.24) is 9.88 Å². The van der Waals surface area contributed by atoms with E-state index in [4.69, 9.17) is 15.2 Å².